The van der Waals surface area contributed by atoms with Gasteiger partial charge in [-0.15, -0.1) is 18.3 Å². The molecule has 8 nitrogen and oxygen atoms in total. The average Bonchev–Trinajstić information content (AvgIpc) is 3.64. The number of alkyl halides is 3. The first-order valence-electron chi connectivity index (χ1n) is 14.5. The first-order chi connectivity index (χ1) is 21.5. The number of benzene rings is 3. The van der Waals surface area contributed by atoms with Crippen LogP contribution in [0.25, 0.3) is 17.1 Å². The average molecular weight is 635 g/mol. The number of anilines is 1. The number of hydrogen-bond donors (Lipinski definition) is 1. The zero-order valence-corrected chi connectivity index (χ0v) is 25.9. The molecule has 2 heterocycles. The van der Waals surface area contributed by atoms with Crippen LogP contribution in [0.1, 0.15) is 50.2 Å². The smallest absolute Gasteiger partial charge is 0.406 e. The molecule has 1 saturated heterocycles. The molecule has 5 rings (SSSR count). The lowest BCUT2D eigenvalue weighted by molar-refractivity contribution is -0.274. The van der Waals surface area contributed by atoms with Crippen LogP contribution in [0.5, 0.6) is 5.75 Å². The molecule has 1 N–H and O–H groups in total. The van der Waals surface area contributed by atoms with Crippen molar-refractivity contribution in [2.24, 2.45) is 4.99 Å². The van der Waals surface area contributed by atoms with Crippen molar-refractivity contribution in [3.8, 4) is 22.8 Å². The number of amidine groups is 1. The third kappa shape index (κ3) is 7.75. The maximum absolute atomic E-state index is 12.9. The fourth-order valence-corrected chi connectivity index (χ4v) is 5.94. The summed E-state index contributed by atoms with van der Waals surface area (Å²) in [5.74, 6) is 1.19. The molecule has 2 amide bonds. The summed E-state index contributed by atoms with van der Waals surface area (Å²) in [6.45, 7) is 11.0. The molecule has 1 unspecified atom stereocenters. The van der Waals surface area contributed by atoms with Crippen LogP contribution in [0.3, 0.4) is 0 Å². The highest BCUT2D eigenvalue weighted by Gasteiger charge is 2.31. The lowest BCUT2D eigenvalue weighted by Gasteiger charge is -2.24. The van der Waals surface area contributed by atoms with Gasteiger partial charge in [0.15, 0.2) is 11.0 Å². The number of nitrogens with one attached hydrogen (secondary N) is 1. The van der Waals surface area contributed by atoms with Gasteiger partial charge < -0.3 is 10.1 Å². The number of thioether (sulfide) groups is 1. The van der Waals surface area contributed by atoms with Gasteiger partial charge in [-0.05, 0) is 53.8 Å². The number of carbonyl (C=O) groups is 1. The number of halogens is 3. The van der Waals surface area contributed by atoms with E-state index in [-0.39, 0.29) is 11.7 Å². The molecule has 4 aromatic rings. The van der Waals surface area contributed by atoms with E-state index in [1.54, 1.807) is 0 Å². The Balaban J connectivity index is 1.22. The predicted molar refractivity (Wildman–Crippen MR) is 172 cm³/mol. The number of nitrogens with zero attached hydrogens (tertiary/aromatic N) is 5. The highest BCUT2D eigenvalue weighted by atomic mass is 32.2. The molecule has 0 radical (unpaired) electrons. The van der Waals surface area contributed by atoms with Crippen molar-refractivity contribution in [2.75, 3.05) is 17.2 Å². The van der Waals surface area contributed by atoms with Crippen molar-refractivity contribution >= 4 is 28.6 Å². The number of para-hydroxylation sites is 1. The molecule has 12 heteroatoms. The molecule has 0 spiro atoms. The maximum Gasteiger partial charge on any atom is 0.573 e. The third-order valence-electron chi connectivity index (χ3n) is 7.33. The van der Waals surface area contributed by atoms with Crippen LogP contribution in [0.2, 0.25) is 0 Å². The fourth-order valence-electron chi connectivity index (χ4n) is 5.01. The van der Waals surface area contributed by atoms with Crippen LogP contribution in [0.15, 0.2) is 96.4 Å². The Morgan fingerprint density at radius 1 is 1.09 bits per heavy atom. The Morgan fingerprint density at radius 3 is 2.47 bits per heavy atom. The van der Waals surface area contributed by atoms with E-state index >= 15 is 0 Å². The molecule has 0 saturated carbocycles. The zero-order valence-electron chi connectivity index (χ0n) is 25.1. The summed E-state index contributed by atoms with van der Waals surface area (Å²) >= 11 is 1.50. The van der Waals surface area contributed by atoms with Crippen molar-refractivity contribution in [1.29, 1.82) is 0 Å². The standard InChI is InChI=1S/C33H33F3N6O2S/c1-5-23(18-37-31(43)39-32-42(22(4)19-45-32)29-9-7-6-8-28(29)21(2)3)24-10-12-25(13-11-24)30-38-20-41(40-30)26-14-16-27(17-15-26)44-33(34,35)36/h6-17,20-21,23H,4-5,18-19H2,1-3H3,(H,37,43)/b39-32-. The van der Waals surface area contributed by atoms with Gasteiger partial charge >= 0.3 is 12.4 Å². The van der Waals surface area contributed by atoms with E-state index in [0.717, 1.165) is 28.9 Å². The van der Waals surface area contributed by atoms with E-state index in [1.165, 1.54) is 52.6 Å². The minimum absolute atomic E-state index is 0.0649. The minimum Gasteiger partial charge on any atom is -0.406 e. The van der Waals surface area contributed by atoms with Gasteiger partial charge in [-0.25, -0.2) is 14.5 Å². The predicted octanol–water partition coefficient (Wildman–Crippen LogP) is 8.28. The summed E-state index contributed by atoms with van der Waals surface area (Å²) < 4.78 is 42.7. The molecule has 1 aliphatic rings. The maximum atomic E-state index is 12.9. The van der Waals surface area contributed by atoms with Crippen LogP contribution >= 0.6 is 11.8 Å². The Hall–Kier alpha value is -4.58. The number of rotatable bonds is 9. The first-order valence-corrected chi connectivity index (χ1v) is 15.4. The van der Waals surface area contributed by atoms with E-state index < -0.39 is 12.4 Å². The normalized spacial score (nSPS) is 15.1. The summed E-state index contributed by atoms with van der Waals surface area (Å²) in [4.78, 5) is 23.7. The van der Waals surface area contributed by atoms with Gasteiger partial charge in [-0.2, -0.15) is 4.99 Å². The van der Waals surface area contributed by atoms with Gasteiger partial charge in [-0.3, -0.25) is 4.90 Å². The molecule has 234 valence electrons. The Morgan fingerprint density at radius 2 is 1.80 bits per heavy atom. The van der Waals surface area contributed by atoms with Crippen LogP contribution in [-0.2, 0) is 0 Å². The Kier molecular flexibility index (Phi) is 9.62. The molecular formula is C33H33F3N6O2S. The SMILES string of the molecule is C=C1CS/C(=N\C(=O)NCC(CC)c2ccc(-c3ncn(-c4ccc(OC(F)(F)F)cc4)n3)cc2)N1c1ccccc1C(C)C. The Bertz CT molecular complexity index is 1680. The molecule has 0 bridgehead atoms. The second-order valence-corrected chi connectivity index (χ2v) is 11.7. The topological polar surface area (TPSA) is 84.6 Å². The molecule has 1 aromatic heterocycles. The van der Waals surface area contributed by atoms with Gasteiger partial charge in [0.1, 0.15) is 12.1 Å². The number of carbonyl (C=O) groups excluding carboxylic acids is 1. The molecule has 1 aliphatic heterocycles. The molecule has 0 aliphatic carbocycles. The van der Waals surface area contributed by atoms with E-state index in [4.69, 9.17) is 0 Å². The summed E-state index contributed by atoms with van der Waals surface area (Å²) in [5.41, 5.74) is 5.41. The van der Waals surface area contributed by atoms with Crippen molar-refractivity contribution in [1.82, 2.24) is 20.1 Å². The molecule has 1 fully saturated rings. The number of aromatic nitrogens is 3. The summed E-state index contributed by atoms with van der Waals surface area (Å²) in [6.07, 6.45) is -2.45. The lowest BCUT2D eigenvalue weighted by Crippen LogP contribution is -2.29. The zero-order chi connectivity index (χ0) is 32.1. The van der Waals surface area contributed by atoms with E-state index in [1.807, 2.05) is 47.4 Å². The fraction of sp³-hybridized carbons (Fsp3) is 0.273. The van der Waals surface area contributed by atoms with Crippen LogP contribution < -0.4 is 15.0 Å². The highest BCUT2D eigenvalue weighted by molar-refractivity contribution is 8.14. The lowest BCUT2D eigenvalue weighted by atomic mass is 9.95. The summed E-state index contributed by atoms with van der Waals surface area (Å²) in [5, 5.41) is 8.05. The van der Waals surface area contributed by atoms with Crippen LogP contribution in [0.4, 0.5) is 23.7 Å². The molecular weight excluding hydrogens is 601 g/mol. The van der Waals surface area contributed by atoms with Gasteiger partial charge in [0.05, 0.1) is 11.4 Å². The number of amides is 2. The van der Waals surface area contributed by atoms with Gasteiger partial charge in [0, 0.05) is 29.5 Å². The van der Waals surface area contributed by atoms with E-state index in [9.17, 15) is 18.0 Å². The van der Waals surface area contributed by atoms with Crippen LogP contribution in [0, 0.1) is 0 Å². The third-order valence-corrected chi connectivity index (χ3v) is 8.34. The number of aliphatic imine (C=N–C) groups is 1. The van der Waals surface area contributed by atoms with Crippen LogP contribution in [-0.4, -0.2) is 44.6 Å². The van der Waals surface area contributed by atoms with E-state index in [2.05, 4.69) is 58.5 Å². The number of ether oxygens (including phenoxy) is 1. The molecule has 1 atom stereocenters. The van der Waals surface area contributed by atoms with Gasteiger partial charge in [0.2, 0.25) is 0 Å². The largest absolute Gasteiger partial charge is 0.573 e. The summed E-state index contributed by atoms with van der Waals surface area (Å²) in [7, 11) is 0. The summed E-state index contributed by atoms with van der Waals surface area (Å²) in [6, 6.07) is 20.9. The second-order valence-electron chi connectivity index (χ2n) is 10.8. The quantitative estimate of drug-likeness (QED) is 0.200. The van der Waals surface area contributed by atoms with Gasteiger partial charge in [-0.1, -0.05) is 81.6 Å². The number of urea groups is 1. The second kappa shape index (κ2) is 13.6. The van der Waals surface area contributed by atoms with Crippen molar-refractivity contribution in [3.63, 3.8) is 0 Å². The highest BCUT2D eigenvalue weighted by Crippen LogP contribution is 2.36. The van der Waals surface area contributed by atoms with E-state index in [0.29, 0.717) is 34.9 Å². The Labute approximate surface area is 264 Å². The monoisotopic (exact) mass is 634 g/mol. The minimum atomic E-state index is -4.75. The van der Waals surface area contributed by atoms with Gasteiger partial charge in [0.25, 0.3) is 0 Å². The number of hydrogen-bond acceptors (Lipinski definition) is 5. The first kappa shape index (κ1) is 31.8. The van der Waals surface area contributed by atoms with Crippen molar-refractivity contribution in [3.05, 3.63) is 103 Å². The van der Waals surface area contributed by atoms with Crippen molar-refractivity contribution < 1.29 is 22.7 Å². The van der Waals surface area contributed by atoms with Crippen molar-refractivity contribution in [2.45, 2.75) is 45.4 Å². The molecule has 3 aromatic carbocycles. The molecule has 45 heavy (non-hydrogen) atoms.